The Labute approximate surface area is 290 Å². The van der Waals surface area contributed by atoms with Crippen molar-refractivity contribution in [2.75, 3.05) is 44.8 Å². The number of ether oxygens (including phenoxy) is 3. The van der Waals surface area contributed by atoms with Gasteiger partial charge in [0.1, 0.15) is 30.0 Å². The Morgan fingerprint density at radius 1 is 0.918 bits per heavy atom. The molecule has 1 aliphatic heterocycles. The Kier molecular flexibility index (Phi) is 16.7. The van der Waals surface area contributed by atoms with E-state index in [2.05, 4.69) is 33.9 Å². The standard InChI is InChI=1S/C32H46N6O10S/c1-20(2)27(37-24(39)19-47-17-16-46-15-14-38-25(40)11-12-26(38)41)29(43)36-23(6-5-13-34-31(33)45)28(42)35-22-9-7-21(8-10-22)18-48-30(44)32(3,4)49/h7-12,20,23,27,49H,5-6,13-19H2,1-4H3,(H,35,42)(H,36,43)(H,37,39)(H3,33,34,45)/t23-,27-/m0/s1. The molecule has 270 valence electrons. The van der Waals surface area contributed by atoms with E-state index in [-0.39, 0.29) is 58.5 Å². The van der Waals surface area contributed by atoms with Crippen molar-refractivity contribution >= 4 is 59.9 Å². The van der Waals surface area contributed by atoms with Gasteiger partial charge in [-0.2, -0.15) is 12.6 Å². The maximum atomic E-state index is 13.3. The van der Waals surface area contributed by atoms with Crippen LogP contribution in [0.4, 0.5) is 10.5 Å². The molecule has 0 radical (unpaired) electrons. The molecule has 0 fully saturated rings. The monoisotopic (exact) mass is 706 g/mol. The molecule has 1 aromatic rings. The zero-order valence-electron chi connectivity index (χ0n) is 28.1. The maximum Gasteiger partial charge on any atom is 0.321 e. The second-order valence-electron chi connectivity index (χ2n) is 11.9. The summed E-state index contributed by atoms with van der Waals surface area (Å²) in [5.74, 6) is -3.34. The molecule has 2 rings (SSSR count). The Balaban J connectivity index is 1.90. The van der Waals surface area contributed by atoms with E-state index >= 15 is 0 Å². The van der Waals surface area contributed by atoms with Crippen LogP contribution < -0.4 is 27.0 Å². The van der Waals surface area contributed by atoms with Crippen LogP contribution in [-0.2, 0) is 49.6 Å². The number of hydrogen-bond acceptors (Lipinski definition) is 11. The molecular weight excluding hydrogens is 660 g/mol. The molecule has 6 N–H and O–H groups in total. The SMILES string of the molecule is CC(C)[C@H](NC(=O)COCCOCCN1C(=O)C=CC1=O)C(=O)N[C@@H](CCCNC(N)=O)C(=O)Nc1ccc(COC(=O)C(C)(C)S)cc1. The summed E-state index contributed by atoms with van der Waals surface area (Å²) in [4.78, 5) is 86.4. The summed E-state index contributed by atoms with van der Waals surface area (Å²) in [6.07, 6.45) is 2.82. The second kappa shape index (κ2) is 20.1. The molecule has 0 bridgehead atoms. The number of hydrogen-bond donors (Lipinski definition) is 6. The topological polar surface area (TPSA) is 225 Å². The van der Waals surface area contributed by atoms with Crippen molar-refractivity contribution in [3.63, 3.8) is 0 Å². The van der Waals surface area contributed by atoms with E-state index < -0.39 is 58.4 Å². The molecule has 17 heteroatoms. The number of thiol groups is 1. The first-order valence-electron chi connectivity index (χ1n) is 15.7. The summed E-state index contributed by atoms with van der Waals surface area (Å²) >= 11 is 4.19. The van der Waals surface area contributed by atoms with Gasteiger partial charge in [-0.25, -0.2) is 4.79 Å². The number of rotatable bonds is 21. The highest BCUT2D eigenvalue weighted by molar-refractivity contribution is 7.82. The number of primary amides is 1. The summed E-state index contributed by atoms with van der Waals surface area (Å²) in [7, 11) is 0. The molecule has 1 heterocycles. The maximum absolute atomic E-state index is 13.3. The van der Waals surface area contributed by atoms with Gasteiger partial charge in [-0.15, -0.1) is 0 Å². The molecule has 0 saturated carbocycles. The van der Waals surface area contributed by atoms with Crippen LogP contribution in [0.3, 0.4) is 0 Å². The fourth-order valence-corrected chi connectivity index (χ4v) is 4.29. The lowest BCUT2D eigenvalue weighted by Gasteiger charge is -2.25. The molecular formula is C32H46N6O10S. The average molecular weight is 707 g/mol. The summed E-state index contributed by atoms with van der Waals surface area (Å²) < 4.78 is 15.0. The van der Waals surface area contributed by atoms with Crippen molar-refractivity contribution < 1.29 is 47.8 Å². The molecule has 0 spiro atoms. The van der Waals surface area contributed by atoms with Gasteiger partial charge in [-0.05, 0) is 50.3 Å². The third-order valence-corrected chi connectivity index (χ3v) is 7.11. The molecule has 0 aromatic heterocycles. The third-order valence-electron chi connectivity index (χ3n) is 6.92. The van der Waals surface area contributed by atoms with Gasteiger partial charge in [0.05, 0.1) is 26.4 Å². The predicted molar refractivity (Wildman–Crippen MR) is 181 cm³/mol. The first-order chi connectivity index (χ1) is 23.1. The molecule has 2 atom stereocenters. The van der Waals surface area contributed by atoms with Crippen molar-refractivity contribution in [3.05, 3.63) is 42.0 Å². The number of benzene rings is 1. The van der Waals surface area contributed by atoms with E-state index in [1.807, 2.05) is 0 Å². The number of anilines is 1. The smallest absolute Gasteiger partial charge is 0.321 e. The van der Waals surface area contributed by atoms with Gasteiger partial charge in [0.15, 0.2) is 0 Å². The fraction of sp³-hybridized carbons (Fsp3) is 0.531. The van der Waals surface area contributed by atoms with Gasteiger partial charge in [-0.1, -0.05) is 26.0 Å². The van der Waals surface area contributed by atoms with Crippen molar-refractivity contribution in [2.24, 2.45) is 11.7 Å². The summed E-state index contributed by atoms with van der Waals surface area (Å²) in [5.41, 5.74) is 6.24. The first-order valence-corrected chi connectivity index (χ1v) is 16.1. The van der Waals surface area contributed by atoms with Gasteiger partial charge in [0.25, 0.3) is 11.8 Å². The highest BCUT2D eigenvalue weighted by atomic mass is 32.1. The van der Waals surface area contributed by atoms with Crippen LogP contribution in [0.2, 0.25) is 0 Å². The summed E-state index contributed by atoms with van der Waals surface area (Å²) in [6, 6.07) is 3.83. The number of imide groups is 1. The number of esters is 1. The van der Waals surface area contributed by atoms with Gasteiger partial charge in [0, 0.05) is 24.4 Å². The Morgan fingerprint density at radius 2 is 1.55 bits per heavy atom. The minimum absolute atomic E-state index is 0.0209. The van der Waals surface area contributed by atoms with E-state index in [1.54, 1.807) is 52.0 Å². The average Bonchev–Trinajstić information content (AvgIpc) is 3.35. The number of nitrogens with two attached hydrogens (primary N) is 1. The molecule has 1 aliphatic rings. The Bertz CT molecular complexity index is 1340. The fourth-order valence-electron chi connectivity index (χ4n) is 4.23. The van der Waals surface area contributed by atoms with Crippen molar-refractivity contribution in [2.45, 2.75) is 64.0 Å². The second-order valence-corrected chi connectivity index (χ2v) is 13.0. The van der Waals surface area contributed by atoms with E-state index in [4.69, 9.17) is 19.9 Å². The normalized spacial score (nSPS) is 14.0. The number of urea groups is 1. The van der Waals surface area contributed by atoms with Crippen LogP contribution in [0.5, 0.6) is 0 Å². The lowest BCUT2D eigenvalue weighted by atomic mass is 10.0. The molecule has 7 amide bonds. The van der Waals surface area contributed by atoms with Gasteiger partial charge in [-0.3, -0.25) is 33.7 Å². The minimum Gasteiger partial charge on any atom is -0.460 e. The van der Waals surface area contributed by atoms with E-state index in [0.717, 1.165) is 4.90 Å². The van der Waals surface area contributed by atoms with E-state index in [1.165, 1.54) is 12.2 Å². The van der Waals surface area contributed by atoms with E-state index in [0.29, 0.717) is 17.7 Å². The summed E-state index contributed by atoms with van der Waals surface area (Å²) in [5, 5.41) is 10.5. The number of nitrogens with one attached hydrogen (secondary N) is 4. The number of carbonyl (C=O) groups is 7. The van der Waals surface area contributed by atoms with Crippen molar-refractivity contribution in [3.8, 4) is 0 Å². The van der Waals surface area contributed by atoms with Crippen molar-refractivity contribution in [1.29, 1.82) is 0 Å². The zero-order valence-corrected chi connectivity index (χ0v) is 29.0. The van der Waals surface area contributed by atoms with E-state index in [9.17, 15) is 33.6 Å². The van der Waals surface area contributed by atoms with Crippen LogP contribution in [0.1, 0.15) is 46.1 Å². The quantitative estimate of drug-likeness (QED) is 0.0447. The highest BCUT2D eigenvalue weighted by Crippen LogP contribution is 2.17. The largest absolute Gasteiger partial charge is 0.460 e. The number of carbonyl (C=O) groups excluding carboxylic acids is 7. The third kappa shape index (κ3) is 15.1. The molecule has 49 heavy (non-hydrogen) atoms. The van der Waals surface area contributed by atoms with Gasteiger partial charge >= 0.3 is 12.0 Å². The predicted octanol–water partition coefficient (Wildman–Crippen LogP) is 0.409. The lowest BCUT2D eigenvalue weighted by molar-refractivity contribution is -0.147. The molecule has 0 aliphatic carbocycles. The molecule has 16 nitrogen and oxygen atoms in total. The van der Waals surface area contributed by atoms with Crippen LogP contribution in [0, 0.1) is 5.92 Å². The van der Waals surface area contributed by atoms with Gasteiger partial charge < -0.3 is 41.2 Å². The number of nitrogens with zero attached hydrogens (tertiary/aromatic N) is 1. The zero-order chi connectivity index (χ0) is 36.6. The molecule has 0 saturated heterocycles. The Morgan fingerprint density at radius 3 is 2.14 bits per heavy atom. The lowest BCUT2D eigenvalue weighted by Crippen LogP contribution is -2.55. The number of amides is 7. The first kappa shape index (κ1) is 40.7. The minimum atomic E-state index is -1.03. The molecule has 0 unspecified atom stereocenters. The van der Waals surface area contributed by atoms with Crippen LogP contribution in [0.15, 0.2) is 36.4 Å². The van der Waals surface area contributed by atoms with Crippen LogP contribution >= 0.6 is 12.6 Å². The highest BCUT2D eigenvalue weighted by Gasteiger charge is 2.29. The molecule has 1 aromatic carbocycles. The van der Waals surface area contributed by atoms with Crippen LogP contribution in [0.25, 0.3) is 0 Å². The van der Waals surface area contributed by atoms with Crippen molar-refractivity contribution in [1.82, 2.24) is 20.9 Å². The van der Waals surface area contributed by atoms with Gasteiger partial charge in [0.2, 0.25) is 17.7 Å². The van der Waals surface area contributed by atoms with Crippen LogP contribution in [-0.4, -0.2) is 103 Å². The summed E-state index contributed by atoms with van der Waals surface area (Å²) in [6.45, 7) is 6.88. The Hall–Kier alpha value is -4.48.